The van der Waals surface area contributed by atoms with Gasteiger partial charge in [-0.1, -0.05) is 30.3 Å². The van der Waals surface area contributed by atoms with Crippen LogP contribution in [0.2, 0.25) is 0 Å². The number of hydrogen-bond acceptors (Lipinski definition) is 3. The standard InChI is InChI=1S/C17H17N3O2/c21-16-14-9-4-5-10-15(14)19-17(22)20(16)12-6-11-18-13-7-2-1-3-8-13/h1-5,7-10,18H,6,11-12H2,(H,19,22). The maximum Gasteiger partial charge on any atom is 0.328 e. The Bertz CT molecular complexity index is 882. The maximum absolute atomic E-state index is 12.3. The summed E-state index contributed by atoms with van der Waals surface area (Å²) in [6.45, 7) is 1.08. The van der Waals surface area contributed by atoms with E-state index in [4.69, 9.17) is 0 Å². The van der Waals surface area contributed by atoms with Gasteiger partial charge in [0.1, 0.15) is 0 Å². The first-order chi connectivity index (χ1) is 10.8. The molecule has 0 fully saturated rings. The van der Waals surface area contributed by atoms with Crippen LogP contribution in [-0.4, -0.2) is 16.1 Å². The summed E-state index contributed by atoms with van der Waals surface area (Å²) in [5.41, 5.74) is 1.01. The van der Waals surface area contributed by atoms with Crippen LogP contribution in [-0.2, 0) is 6.54 Å². The normalized spacial score (nSPS) is 10.7. The van der Waals surface area contributed by atoms with E-state index in [0.717, 1.165) is 5.69 Å². The molecular weight excluding hydrogens is 278 g/mol. The van der Waals surface area contributed by atoms with Crippen LogP contribution in [0, 0.1) is 0 Å². The van der Waals surface area contributed by atoms with Crippen molar-refractivity contribution in [1.82, 2.24) is 9.55 Å². The Morgan fingerprint density at radius 2 is 1.68 bits per heavy atom. The number of nitrogens with one attached hydrogen (secondary N) is 2. The number of benzene rings is 2. The highest BCUT2D eigenvalue weighted by molar-refractivity contribution is 5.76. The topological polar surface area (TPSA) is 66.9 Å². The Labute approximate surface area is 127 Å². The number of hydrogen-bond donors (Lipinski definition) is 2. The molecule has 0 aliphatic carbocycles. The maximum atomic E-state index is 12.3. The van der Waals surface area contributed by atoms with Gasteiger partial charge in [-0.3, -0.25) is 9.36 Å². The highest BCUT2D eigenvalue weighted by atomic mass is 16.2. The fourth-order valence-electron chi connectivity index (χ4n) is 2.43. The molecule has 0 radical (unpaired) electrons. The van der Waals surface area contributed by atoms with Crippen LogP contribution in [0.25, 0.3) is 10.9 Å². The van der Waals surface area contributed by atoms with Gasteiger partial charge in [0, 0.05) is 18.8 Å². The zero-order valence-corrected chi connectivity index (χ0v) is 12.1. The van der Waals surface area contributed by atoms with E-state index in [0.29, 0.717) is 30.4 Å². The smallest absolute Gasteiger partial charge is 0.328 e. The van der Waals surface area contributed by atoms with Gasteiger partial charge in [0.25, 0.3) is 5.56 Å². The molecule has 1 aromatic heterocycles. The molecule has 112 valence electrons. The zero-order valence-electron chi connectivity index (χ0n) is 12.1. The average molecular weight is 295 g/mol. The molecule has 5 heteroatoms. The van der Waals surface area contributed by atoms with Gasteiger partial charge >= 0.3 is 5.69 Å². The lowest BCUT2D eigenvalue weighted by molar-refractivity contribution is 0.611. The summed E-state index contributed by atoms with van der Waals surface area (Å²) in [7, 11) is 0. The molecule has 0 bridgehead atoms. The molecule has 0 saturated carbocycles. The van der Waals surface area contributed by atoms with Crippen molar-refractivity contribution in [2.45, 2.75) is 13.0 Å². The van der Waals surface area contributed by atoms with Gasteiger partial charge in [0.15, 0.2) is 0 Å². The fraction of sp³-hybridized carbons (Fsp3) is 0.176. The third-order valence-electron chi connectivity index (χ3n) is 3.55. The van der Waals surface area contributed by atoms with Crippen molar-refractivity contribution in [3.8, 4) is 0 Å². The molecule has 0 aliphatic heterocycles. The number of aromatic amines is 1. The molecule has 0 unspecified atom stereocenters. The van der Waals surface area contributed by atoms with Crippen molar-refractivity contribution in [1.29, 1.82) is 0 Å². The van der Waals surface area contributed by atoms with Crippen LogP contribution >= 0.6 is 0 Å². The molecule has 22 heavy (non-hydrogen) atoms. The molecule has 3 rings (SSSR count). The average Bonchev–Trinajstić information content (AvgIpc) is 2.55. The van der Waals surface area contributed by atoms with Gasteiger partial charge in [-0.25, -0.2) is 4.79 Å². The largest absolute Gasteiger partial charge is 0.385 e. The number of fused-ring (bicyclic) bond motifs is 1. The van der Waals surface area contributed by atoms with E-state index in [-0.39, 0.29) is 11.2 Å². The van der Waals surface area contributed by atoms with Crippen molar-refractivity contribution >= 4 is 16.6 Å². The lowest BCUT2D eigenvalue weighted by Crippen LogP contribution is -2.35. The summed E-state index contributed by atoms with van der Waals surface area (Å²) >= 11 is 0. The lowest BCUT2D eigenvalue weighted by Gasteiger charge is -2.08. The first kappa shape index (κ1) is 14.1. The van der Waals surface area contributed by atoms with E-state index >= 15 is 0 Å². The lowest BCUT2D eigenvalue weighted by atomic mass is 10.2. The summed E-state index contributed by atoms with van der Waals surface area (Å²) < 4.78 is 1.26. The van der Waals surface area contributed by atoms with E-state index in [2.05, 4.69) is 10.3 Å². The summed E-state index contributed by atoms with van der Waals surface area (Å²) in [6.07, 6.45) is 0.691. The van der Waals surface area contributed by atoms with Crippen LogP contribution in [0.1, 0.15) is 6.42 Å². The summed E-state index contributed by atoms with van der Waals surface area (Å²) in [5.74, 6) is 0. The van der Waals surface area contributed by atoms with Crippen molar-refractivity contribution in [2.75, 3.05) is 11.9 Å². The van der Waals surface area contributed by atoms with E-state index in [9.17, 15) is 9.59 Å². The summed E-state index contributed by atoms with van der Waals surface area (Å²) in [4.78, 5) is 27.1. The van der Waals surface area contributed by atoms with Gasteiger partial charge in [-0.2, -0.15) is 0 Å². The van der Waals surface area contributed by atoms with Crippen LogP contribution in [0.3, 0.4) is 0 Å². The Balaban J connectivity index is 1.72. The van der Waals surface area contributed by atoms with Gasteiger partial charge in [0.2, 0.25) is 0 Å². The minimum Gasteiger partial charge on any atom is -0.385 e. The first-order valence-corrected chi connectivity index (χ1v) is 7.26. The number of anilines is 1. The Kier molecular flexibility index (Phi) is 4.05. The molecule has 2 N–H and O–H groups in total. The van der Waals surface area contributed by atoms with Gasteiger partial charge in [0.05, 0.1) is 10.9 Å². The van der Waals surface area contributed by atoms with Crippen molar-refractivity contribution in [3.63, 3.8) is 0 Å². The molecule has 0 saturated heterocycles. The van der Waals surface area contributed by atoms with Crippen molar-refractivity contribution in [3.05, 3.63) is 75.4 Å². The molecular formula is C17H17N3O2. The van der Waals surface area contributed by atoms with E-state index in [1.807, 2.05) is 30.3 Å². The van der Waals surface area contributed by atoms with E-state index in [1.165, 1.54) is 4.57 Å². The molecule has 0 atom stereocenters. The van der Waals surface area contributed by atoms with Crippen molar-refractivity contribution in [2.24, 2.45) is 0 Å². The van der Waals surface area contributed by atoms with Crippen LogP contribution in [0.15, 0.2) is 64.2 Å². The number of aromatic nitrogens is 2. The Hall–Kier alpha value is -2.82. The molecule has 2 aromatic carbocycles. The Morgan fingerprint density at radius 3 is 2.50 bits per heavy atom. The highest BCUT2D eigenvalue weighted by Gasteiger charge is 2.06. The predicted octanol–water partition coefficient (Wildman–Crippen LogP) is 2.19. The fourth-order valence-corrected chi connectivity index (χ4v) is 2.43. The third kappa shape index (κ3) is 2.93. The molecule has 1 heterocycles. The second-order valence-corrected chi connectivity index (χ2v) is 5.08. The zero-order chi connectivity index (χ0) is 15.4. The van der Waals surface area contributed by atoms with Gasteiger partial charge < -0.3 is 10.3 Å². The van der Waals surface area contributed by atoms with Crippen LogP contribution in [0.4, 0.5) is 5.69 Å². The molecule has 5 nitrogen and oxygen atoms in total. The van der Waals surface area contributed by atoms with Crippen LogP contribution in [0.5, 0.6) is 0 Å². The number of para-hydroxylation sites is 2. The monoisotopic (exact) mass is 295 g/mol. The number of rotatable bonds is 5. The van der Waals surface area contributed by atoms with Crippen LogP contribution < -0.4 is 16.6 Å². The highest BCUT2D eigenvalue weighted by Crippen LogP contribution is 2.05. The SMILES string of the molecule is O=c1[nH]c2ccccc2c(=O)n1CCCNc1ccccc1. The number of H-pyrrole nitrogens is 1. The van der Waals surface area contributed by atoms with E-state index < -0.39 is 0 Å². The molecule has 3 aromatic rings. The van der Waals surface area contributed by atoms with Gasteiger partial charge in [-0.15, -0.1) is 0 Å². The minimum atomic E-state index is -0.358. The second-order valence-electron chi connectivity index (χ2n) is 5.08. The quantitative estimate of drug-likeness (QED) is 0.709. The predicted molar refractivity (Wildman–Crippen MR) is 88.4 cm³/mol. The molecule has 0 spiro atoms. The summed E-state index contributed by atoms with van der Waals surface area (Å²) in [5, 5.41) is 3.80. The Morgan fingerprint density at radius 1 is 0.955 bits per heavy atom. The second kappa shape index (κ2) is 6.30. The molecule has 0 aliphatic rings. The summed E-state index contributed by atoms with van der Waals surface area (Å²) in [6, 6.07) is 16.9. The van der Waals surface area contributed by atoms with E-state index in [1.54, 1.807) is 24.3 Å². The number of nitrogens with zero attached hydrogens (tertiary/aromatic N) is 1. The first-order valence-electron chi connectivity index (χ1n) is 7.26. The molecule has 0 amide bonds. The van der Waals surface area contributed by atoms with Crippen molar-refractivity contribution < 1.29 is 0 Å². The third-order valence-corrected chi connectivity index (χ3v) is 3.55. The van der Waals surface area contributed by atoms with Gasteiger partial charge in [-0.05, 0) is 30.7 Å². The minimum absolute atomic E-state index is 0.237.